The molecule has 1 aromatic carbocycles. The number of hydrogen-bond donors (Lipinski definition) is 1. The Kier molecular flexibility index (Phi) is 4.50. The van der Waals surface area contributed by atoms with E-state index in [-0.39, 0.29) is 0 Å². The van der Waals surface area contributed by atoms with Crippen molar-refractivity contribution in [3.05, 3.63) is 56.7 Å². The van der Waals surface area contributed by atoms with E-state index in [1.165, 1.54) is 23.5 Å². The van der Waals surface area contributed by atoms with Crippen molar-refractivity contribution in [3.8, 4) is 0 Å². The van der Waals surface area contributed by atoms with Gasteiger partial charge in [-0.2, -0.15) is 13.2 Å². The fourth-order valence-electron chi connectivity index (χ4n) is 1.59. The number of thiophene rings is 1. The summed E-state index contributed by atoms with van der Waals surface area (Å²) < 4.78 is 37.8. The molecule has 102 valence electrons. The molecule has 0 saturated heterocycles. The third kappa shape index (κ3) is 4.23. The van der Waals surface area contributed by atoms with E-state index < -0.39 is 11.7 Å². The van der Waals surface area contributed by atoms with Crippen molar-refractivity contribution in [2.75, 3.05) is 0 Å². The molecular weight excluding hydrogens is 295 g/mol. The van der Waals surface area contributed by atoms with Crippen LogP contribution in [0.3, 0.4) is 0 Å². The summed E-state index contributed by atoms with van der Waals surface area (Å²) in [6, 6.07) is 8.90. The number of rotatable bonds is 4. The van der Waals surface area contributed by atoms with Gasteiger partial charge in [0.25, 0.3) is 0 Å². The molecule has 6 heteroatoms. The average molecular weight is 306 g/mol. The molecule has 1 nitrogen and oxygen atoms in total. The van der Waals surface area contributed by atoms with Crippen molar-refractivity contribution in [1.29, 1.82) is 0 Å². The maximum absolute atomic E-state index is 12.4. The van der Waals surface area contributed by atoms with Gasteiger partial charge in [-0.1, -0.05) is 23.7 Å². The van der Waals surface area contributed by atoms with Crippen molar-refractivity contribution in [2.45, 2.75) is 19.3 Å². The highest BCUT2D eigenvalue weighted by Crippen LogP contribution is 2.29. The topological polar surface area (TPSA) is 12.0 Å². The lowest BCUT2D eigenvalue weighted by molar-refractivity contribution is -0.137. The van der Waals surface area contributed by atoms with Crippen LogP contribution in [0.2, 0.25) is 4.34 Å². The van der Waals surface area contributed by atoms with Gasteiger partial charge in [0.15, 0.2) is 0 Å². The standard InChI is InChI=1S/C13H11ClF3NS/c14-12-6-5-11(19-12)8-18-7-9-1-3-10(4-2-9)13(15,16)17/h1-6,18H,7-8H2. The van der Waals surface area contributed by atoms with Crippen LogP contribution in [0.25, 0.3) is 0 Å². The van der Waals surface area contributed by atoms with Crippen LogP contribution in [0, 0.1) is 0 Å². The second-order valence-electron chi connectivity index (χ2n) is 4.00. The van der Waals surface area contributed by atoms with Gasteiger partial charge in [-0.25, -0.2) is 0 Å². The zero-order valence-electron chi connectivity index (χ0n) is 9.80. The van der Waals surface area contributed by atoms with Crippen LogP contribution < -0.4 is 5.32 Å². The molecule has 0 amide bonds. The first-order valence-electron chi connectivity index (χ1n) is 5.56. The van der Waals surface area contributed by atoms with Gasteiger partial charge >= 0.3 is 6.18 Å². The zero-order valence-corrected chi connectivity index (χ0v) is 11.4. The zero-order chi connectivity index (χ0) is 13.9. The third-order valence-corrected chi connectivity index (χ3v) is 3.77. The van der Waals surface area contributed by atoms with Gasteiger partial charge in [-0.05, 0) is 29.8 Å². The molecule has 0 atom stereocenters. The summed E-state index contributed by atoms with van der Waals surface area (Å²) in [4.78, 5) is 1.09. The molecule has 1 aromatic heterocycles. The van der Waals surface area contributed by atoms with E-state index in [1.54, 1.807) is 0 Å². The smallest absolute Gasteiger partial charge is 0.308 e. The van der Waals surface area contributed by atoms with Gasteiger partial charge in [-0.15, -0.1) is 11.3 Å². The van der Waals surface area contributed by atoms with E-state index in [0.717, 1.165) is 26.9 Å². The lowest BCUT2D eigenvalue weighted by Gasteiger charge is -2.08. The van der Waals surface area contributed by atoms with Crippen LogP contribution in [0.1, 0.15) is 16.0 Å². The molecule has 0 spiro atoms. The summed E-state index contributed by atoms with van der Waals surface area (Å²) in [7, 11) is 0. The van der Waals surface area contributed by atoms with Gasteiger partial charge in [-0.3, -0.25) is 0 Å². The SMILES string of the molecule is FC(F)(F)c1ccc(CNCc2ccc(Cl)s2)cc1. The van der Waals surface area contributed by atoms with Crippen LogP contribution in [0.4, 0.5) is 13.2 Å². The Morgan fingerprint density at radius 1 is 1.00 bits per heavy atom. The van der Waals surface area contributed by atoms with Crippen molar-refractivity contribution in [2.24, 2.45) is 0 Å². The van der Waals surface area contributed by atoms with E-state index in [4.69, 9.17) is 11.6 Å². The monoisotopic (exact) mass is 305 g/mol. The number of halogens is 4. The average Bonchev–Trinajstić information content (AvgIpc) is 2.75. The molecule has 1 N–H and O–H groups in total. The summed E-state index contributed by atoms with van der Waals surface area (Å²) >= 11 is 7.28. The highest BCUT2D eigenvalue weighted by Gasteiger charge is 2.29. The van der Waals surface area contributed by atoms with Crippen LogP contribution in [-0.4, -0.2) is 0 Å². The second kappa shape index (κ2) is 5.94. The summed E-state index contributed by atoms with van der Waals surface area (Å²) in [5, 5.41) is 3.16. The number of hydrogen-bond acceptors (Lipinski definition) is 2. The molecule has 0 fully saturated rings. The lowest BCUT2D eigenvalue weighted by atomic mass is 10.1. The van der Waals surface area contributed by atoms with Crippen LogP contribution in [0.5, 0.6) is 0 Å². The molecule has 2 rings (SSSR count). The summed E-state index contributed by atoms with van der Waals surface area (Å²) in [5.74, 6) is 0. The Bertz CT molecular complexity index is 534. The van der Waals surface area contributed by atoms with Crippen LogP contribution >= 0.6 is 22.9 Å². The quantitative estimate of drug-likeness (QED) is 0.862. The maximum atomic E-state index is 12.4. The summed E-state index contributed by atoms with van der Waals surface area (Å²) in [6.07, 6.45) is -4.28. The largest absolute Gasteiger partial charge is 0.416 e. The Morgan fingerprint density at radius 3 is 2.21 bits per heavy atom. The van der Waals surface area contributed by atoms with Gasteiger partial charge in [0.2, 0.25) is 0 Å². The van der Waals surface area contributed by atoms with Crippen LogP contribution in [-0.2, 0) is 19.3 Å². The summed E-state index contributed by atoms with van der Waals surface area (Å²) in [5.41, 5.74) is 0.192. The molecule has 0 radical (unpaired) electrons. The fraction of sp³-hybridized carbons (Fsp3) is 0.231. The van der Waals surface area contributed by atoms with Crippen LogP contribution in [0.15, 0.2) is 36.4 Å². The molecule has 2 aromatic rings. The first kappa shape index (κ1) is 14.4. The first-order valence-corrected chi connectivity index (χ1v) is 6.75. The van der Waals surface area contributed by atoms with Gasteiger partial charge < -0.3 is 5.32 Å². The molecule has 0 aliphatic heterocycles. The number of alkyl halides is 3. The highest BCUT2D eigenvalue weighted by atomic mass is 35.5. The highest BCUT2D eigenvalue weighted by molar-refractivity contribution is 7.16. The van der Waals surface area contributed by atoms with Crippen molar-refractivity contribution in [3.63, 3.8) is 0 Å². The van der Waals surface area contributed by atoms with Gasteiger partial charge in [0.1, 0.15) is 0 Å². The van der Waals surface area contributed by atoms with Gasteiger partial charge in [0, 0.05) is 18.0 Å². The number of benzene rings is 1. The third-order valence-electron chi connectivity index (χ3n) is 2.54. The Labute approximate surface area is 118 Å². The van der Waals surface area contributed by atoms with E-state index in [2.05, 4.69) is 5.32 Å². The molecule has 0 aliphatic carbocycles. The second-order valence-corrected chi connectivity index (χ2v) is 5.80. The first-order chi connectivity index (χ1) is 8.95. The van der Waals surface area contributed by atoms with Crippen molar-refractivity contribution < 1.29 is 13.2 Å². The van der Waals surface area contributed by atoms with Gasteiger partial charge in [0.05, 0.1) is 9.90 Å². The molecule has 0 unspecified atom stereocenters. The molecular formula is C13H11ClF3NS. The molecule has 19 heavy (non-hydrogen) atoms. The predicted molar refractivity (Wildman–Crippen MR) is 71.3 cm³/mol. The Morgan fingerprint density at radius 2 is 1.68 bits per heavy atom. The Hall–Kier alpha value is -1.04. The van der Waals surface area contributed by atoms with E-state index in [1.807, 2.05) is 12.1 Å². The minimum Gasteiger partial charge on any atom is -0.308 e. The molecule has 1 heterocycles. The predicted octanol–water partition coefficient (Wildman–Crippen LogP) is 4.71. The van der Waals surface area contributed by atoms with Crippen molar-refractivity contribution >= 4 is 22.9 Å². The minimum absolute atomic E-state index is 0.521. The normalized spacial score (nSPS) is 11.8. The minimum atomic E-state index is -4.28. The van der Waals surface area contributed by atoms with E-state index >= 15 is 0 Å². The fourth-order valence-corrected chi connectivity index (χ4v) is 2.65. The van der Waals surface area contributed by atoms with Crippen molar-refractivity contribution in [1.82, 2.24) is 5.32 Å². The number of nitrogens with one attached hydrogen (secondary N) is 1. The lowest BCUT2D eigenvalue weighted by Crippen LogP contribution is -2.12. The van der Waals surface area contributed by atoms with E-state index in [0.29, 0.717) is 13.1 Å². The molecule has 0 bridgehead atoms. The molecule has 0 saturated carbocycles. The Balaban J connectivity index is 1.86. The maximum Gasteiger partial charge on any atom is 0.416 e. The van der Waals surface area contributed by atoms with E-state index in [9.17, 15) is 13.2 Å². The molecule has 0 aliphatic rings. The summed E-state index contributed by atoms with van der Waals surface area (Å²) in [6.45, 7) is 1.17.